The minimum atomic E-state index is 0.930. The van der Waals surface area contributed by atoms with Crippen LogP contribution in [0, 0.1) is 0 Å². The number of hydrogen-bond donors (Lipinski definition) is 0. The minimum absolute atomic E-state index is 0.930. The molecule has 0 aliphatic heterocycles. The average molecular weight is 272 g/mol. The van der Waals surface area contributed by atoms with Crippen LogP contribution >= 0.6 is 0 Å². The Morgan fingerprint density at radius 1 is 0.579 bits per heavy atom. The van der Waals surface area contributed by atoms with E-state index in [1.807, 2.05) is 0 Å². The Morgan fingerprint density at radius 3 is 1.37 bits per heavy atom. The van der Waals surface area contributed by atoms with Gasteiger partial charge in [-0.25, -0.2) is 4.84 Å². The summed E-state index contributed by atoms with van der Waals surface area (Å²) >= 11 is 0. The smallest absolute Gasteiger partial charge is 0.109 e. The monoisotopic (exact) mass is 272 g/mol. The number of rotatable bonds is 14. The van der Waals surface area contributed by atoms with Gasteiger partial charge in [0.1, 0.15) is 26.2 Å². The third-order valence-electron chi connectivity index (χ3n) is 3.87. The second-order valence-electron chi connectivity index (χ2n) is 5.83. The zero-order valence-corrected chi connectivity index (χ0v) is 14.0. The molecular weight excluding hydrogens is 234 g/mol. The largest absolute Gasteiger partial charge is 0.203 e. The van der Waals surface area contributed by atoms with Crippen LogP contribution in [0.25, 0.3) is 0 Å². The Hall–Kier alpha value is -0.0800. The fraction of sp³-hybridized carbons (Fsp3) is 1.00. The molecule has 0 fully saturated rings. The molecule has 19 heavy (non-hydrogen) atoms. The fourth-order valence-electron chi connectivity index (χ4n) is 2.48. The maximum Gasteiger partial charge on any atom is 0.109 e. The molecule has 0 amide bonds. The van der Waals surface area contributed by atoms with Gasteiger partial charge in [-0.3, -0.25) is 0 Å². The van der Waals surface area contributed by atoms with Gasteiger partial charge in [0.05, 0.1) is 0 Å². The van der Waals surface area contributed by atoms with Crippen molar-refractivity contribution in [1.29, 1.82) is 0 Å². The summed E-state index contributed by atoms with van der Waals surface area (Å²) in [5.41, 5.74) is 0. The predicted octanol–water partition coefficient (Wildman–Crippen LogP) is 5.33. The first-order valence-corrected chi connectivity index (χ1v) is 8.75. The predicted molar refractivity (Wildman–Crippen MR) is 85.1 cm³/mol. The second kappa shape index (κ2) is 12.9. The number of hydroxylamine groups is 3. The molecule has 0 aliphatic carbocycles. The molecule has 0 rings (SSSR count). The Kier molecular flexibility index (Phi) is 12.9. The standard InChI is InChI=1S/C17H38NO/c1-5-9-13-17-19-18(14-10-6-2,15-11-7-3)16-12-8-4/h5-17H2,1-4H3/q+1. The molecule has 2 heteroatoms. The molecule has 0 heterocycles. The molecule has 0 aromatic carbocycles. The number of nitrogens with zero attached hydrogens (tertiary/aromatic N) is 1. The van der Waals surface area contributed by atoms with Crippen LogP contribution in [0.4, 0.5) is 0 Å². The highest BCUT2D eigenvalue weighted by atomic mass is 16.7. The van der Waals surface area contributed by atoms with Crippen molar-refractivity contribution in [2.24, 2.45) is 0 Å². The van der Waals surface area contributed by atoms with E-state index < -0.39 is 0 Å². The van der Waals surface area contributed by atoms with Crippen molar-refractivity contribution in [3.05, 3.63) is 0 Å². The summed E-state index contributed by atoms with van der Waals surface area (Å²) in [7, 11) is 0. The van der Waals surface area contributed by atoms with E-state index >= 15 is 0 Å². The lowest BCUT2D eigenvalue weighted by Crippen LogP contribution is -2.50. The van der Waals surface area contributed by atoms with Gasteiger partial charge < -0.3 is 0 Å². The summed E-state index contributed by atoms with van der Waals surface area (Å²) in [5, 5.41) is 0. The van der Waals surface area contributed by atoms with Crippen molar-refractivity contribution >= 4 is 0 Å². The van der Waals surface area contributed by atoms with Crippen LogP contribution in [0.3, 0.4) is 0 Å². The zero-order chi connectivity index (χ0) is 14.4. The molecule has 2 nitrogen and oxygen atoms in total. The van der Waals surface area contributed by atoms with Gasteiger partial charge in [-0.05, 0) is 25.7 Å². The van der Waals surface area contributed by atoms with E-state index in [0.717, 1.165) is 11.3 Å². The minimum Gasteiger partial charge on any atom is -0.203 e. The number of hydrogen-bond acceptors (Lipinski definition) is 1. The highest BCUT2D eigenvalue weighted by Gasteiger charge is 2.27. The van der Waals surface area contributed by atoms with Crippen molar-refractivity contribution in [3.8, 4) is 0 Å². The van der Waals surface area contributed by atoms with E-state index in [2.05, 4.69) is 27.7 Å². The molecule has 0 saturated heterocycles. The summed E-state index contributed by atoms with van der Waals surface area (Å²) in [6.07, 6.45) is 11.5. The Bertz CT molecular complexity index is 160. The maximum atomic E-state index is 6.38. The topological polar surface area (TPSA) is 9.23 Å². The molecular formula is C17H38NO+. The molecule has 0 bridgehead atoms. The summed E-state index contributed by atoms with van der Waals surface area (Å²) in [4.78, 5) is 6.38. The number of quaternary nitrogens is 1. The molecule has 0 aromatic rings. The summed E-state index contributed by atoms with van der Waals surface area (Å²) in [6.45, 7) is 13.7. The molecule has 0 atom stereocenters. The van der Waals surface area contributed by atoms with Gasteiger partial charge in [0.15, 0.2) is 0 Å². The van der Waals surface area contributed by atoms with Crippen LogP contribution in [0.2, 0.25) is 0 Å². The summed E-state index contributed by atoms with van der Waals surface area (Å²) in [6, 6.07) is 0. The quantitative estimate of drug-likeness (QED) is 0.236. The van der Waals surface area contributed by atoms with E-state index in [0.29, 0.717) is 0 Å². The third-order valence-corrected chi connectivity index (χ3v) is 3.87. The van der Waals surface area contributed by atoms with Crippen molar-refractivity contribution in [2.45, 2.75) is 85.5 Å². The first-order valence-electron chi connectivity index (χ1n) is 8.75. The lowest BCUT2D eigenvalue weighted by molar-refractivity contribution is -1.11. The Morgan fingerprint density at radius 2 is 1.00 bits per heavy atom. The van der Waals surface area contributed by atoms with Gasteiger partial charge >= 0.3 is 0 Å². The number of unbranched alkanes of at least 4 members (excludes halogenated alkanes) is 5. The van der Waals surface area contributed by atoms with E-state index in [1.165, 1.54) is 77.4 Å². The van der Waals surface area contributed by atoms with Gasteiger partial charge in [-0.2, -0.15) is 4.65 Å². The van der Waals surface area contributed by atoms with Crippen LogP contribution < -0.4 is 0 Å². The molecule has 116 valence electrons. The molecule has 0 aliphatic rings. The van der Waals surface area contributed by atoms with Crippen LogP contribution in [0.1, 0.15) is 85.5 Å². The lowest BCUT2D eigenvalue weighted by Gasteiger charge is -2.36. The molecule has 0 spiro atoms. The zero-order valence-electron chi connectivity index (χ0n) is 14.0. The normalized spacial score (nSPS) is 12.0. The van der Waals surface area contributed by atoms with E-state index in [4.69, 9.17) is 4.84 Å². The first-order chi connectivity index (χ1) is 9.24. The second-order valence-corrected chi connectivity index (χ2v) is 5.83. The van der Waals surface area contributed by atoms with Crippen molar-refractivity contribution in [3.63, 3.8) is 0 Å². The van der Waals surface area contributed by atoms with Gasteiger partial charge in [0, 0.05) is 0 Å². The summed E-state index contributed by atoms with van der Waals surface area (Å²) in [5.74, 6) is 0. The van der Waals surface area contributed by atoms with Crippen molar-refractivity contribution in [1.82, 2.24) is 0 Å². The third kappa shape index (κ3) is 9.45. The Balaban J connectivity index is 4.38. The fourth-order valence-corrected chi connectivity index (χ4v) is 2.48. The highest BCUT2D eigenvalue weighted by Crippen LogP contribution is 2.16. The lowest BCUT2D eigenvalue weighted by atomic mass is 10.2. The van der Waals surface area contributed by atoms with Gasteiger partial charge in [0.2, 0.25) is 0 Å². The van der Waals surface area contributed by atoms with Crippen LogP contribution in [-0.4, -0.2) is 30.9 Å². The molecule has 0 aromatic heterocycles. The van der Waals surface area contributed by atoms with E-state index in [-0.39, 0.29) is 0 Å². The highest BCUT2D eigenvalue weighted by molar-refractivity contribution is 4.43. The van der Waals surface area contributed by atoms with Crippen LogP contribution in [-0.2, 0) is 4.84 Å². The van der Waals surface area contributed by atoms with Gasteiger partial charge in [0.25, 0.3) is 0 Å². The van der Waals surface area contributed by atoms with Gasteiger partial charge in [-0.15, -0.1) is 0 Å². The van der Waals surface area contributed by atoms with Crippen LogP contribution in [0.15, 0.2) is 0 Å². The van der Waals surface area contributed by atoms with Gasteiger partial charge in [-0.1, -0.05) is 59.8 Å². The molecule has 0 radical (unpaired) electrons. The average Bonchev–Trinajstić information content (AvgIpc) is 2.44. The summed E-state index contributed by atoms with van der Waals surface area (Å²) < 4.78 is 0.930. The molecule has 0 saturated carbocycles. The maximum absolute atomic E-state index is 6.38. The van der Waals surface area contributed by atoms with Crippen LogP contribution in [0.5, 0.6) is 0 Å². The van der Waals surface area contributed by atoms with E-state index in [1.54, 1.807) is 0 Å². The Labute approximate surface area is 122 Å². The first kappa shape index (κ1) is 18.9. The SMILES string of the molecule is CCCCCO[N+](CCCC)(CCCC)CCCC. The van der Waals surface area contributed by atoms with Crippen molar-refractivity contribution < 1.29 is 9.48 Å². The molecule has 0 N–H and O–H groups in total. The van der Waals surface area contributed by atoms with E-state index in [9.17, 15) is 0 Å². The van der Waals surface area contributed by atoms with Crippen molar-refractivity contribution in [2.75, 3.05) is 26.2 Å². The molecule has 0 unspecified atom stereocenters.